The van der Waals surface area contributed by atoms with Gasteiger partial charge in [0.15, 0.2) is 24.0 Å². The Morgan fingerprint density at radius 3 is 2.17 bits per heavy atom. The van der Waals surface area contributed by atoms with Gasteiger partial charge in [-0.25, -0.2) is 0 Å². The zero-order valence-electron chi connectivity index (χ0n) is 14.5. The SMILES string of the molecule is CC1(C)O[C@@H]2O[C@@H](C(=O)N3CCOCC3)[C@H]3OC(C)(C)O[C@H]3[C@H]2O1. The summed E-state index contributed by atoms with van der Waals surface area (Å²) < 4.78 is 35.1. The zero-order valence-corrected chi connectivity index (χ0v) is 14.5. The van der Waals surface area contributed by atoms with Crippen LogP contribution in [0.5, 0.6) is 0 Å². The molecule has 136 valence electrons. The summed E-state index contributed by atoms with van der Waals surface area (Å²) in [6.45, 7) is 9.48. The number of fused-ring (bicyclic) bond motifs is 3. The van der Waals surface area contributed by atoms with Gasteiger partial charge in [-0.2, -0.15) is 0 Å². The molecule has 0 unspecified atom stereocenters. The van der Waals surface area contributed by atoms with Crippen LogP contribution in [0.25, 0.3) is 0 Å². The van der Waals surface area contributed by atoms with Crippen LogP contribution < -0.4 is 0 Å². The lowest BCUT2D eigenvalue weighted by molar-refractivity contribution is -0.235. The smallest absolute Gasteiger partial charge is 0.254 e. The van der Waals surface area contributed by atoms with E-state index in [0.29, 0.717) is 26.3 Å². The van der Waals surface area contributed by atoms with Crippen molar-refractivity contribution in [1.29, 1.82) is 0 Å². The van der Waals surface area contributed by atoms with Crippen LogP contribution in [0.3, 0.4) is 0 Å². The third-order valence-corrected chi connectivity index (χ3v) is 4.72. The van der Waals surface area contributed by atoms with E-state index in [1.54, 1.807) is 4.90 Å². The van der Waals surface area contributed by atoms with Crippen LogP contribution in [0, 0.1) is 0 Å². The molecule has 5 atom stereocenters. The lowest BCUT2D eigenvalue weighted by Crippen LogP contribution is -2.60. The predicted octanol–water partition coefficient (Wildman–Crippen LogP) is 0.242. The lowest BCUT2D eigenvalue weighted by Gasteiger charge is -2.39. The molecule has 4 aliphatic heterocycles. The molecule has 0 bridgehead atoms. The molecular formula is C16H25NO7. The van der Waals surface area contributed by atoms with E-state index in [1.807, 2.05) is 27.7 Å². The molecular weight excluding hydrogens is 318 g/mol. The highest BCUT2D eigenvalue weighted by Gasteiger charge is 2.62. The molecule has 0 N–H and O–H groups in total. The van der Waals surface area contributed by atoms with Gasteiger partial charge < -0.3 is 33.3 Å². The van der Waals surface area contributed by atoms with E-state index in [9.17, 15) is 4.79 Å². The van der Waals surface area contributed by atoms with Gasteiger partial charge >= 0.3 is 0 Å². The largest absolute Gasteiger partial charge is 0.378 e. The Bertz CT molecular complexity index is 517. The maximum absolute atomic E-state index is 13.0. The Labute approximate surface area is 141 Å². The van der Waals surface area contributed by atoms with Crippen LogP contribution in [0.15, 0.2) is 0 Å². The van der Waals surface area contributed by atoms with Gasteiger partial charge in [0, 0.05) is 13.1 Å². The van der Waals surface area contributed by atoms with E-state index in [0.717, 1.165) is 0 Å². The van der Waals surface area contributed by atoms with Crippen molar-refractivity contribution >= 4 is 5.91 Å². The first-order valence-electron chi connectivity index (χ1n) is 8.49. The summed E-state index contributed by atoms with van der Waals surface area (Å²) in [6.07, 6.45) is -2.76. The highest BCUT2D eigenvalue weighted by molar-refractivity contribution is 5.82. The summed E-state index contributed by atoms with van der Waals surface area (Å²) >= 11 is 0. The Morgan fingerprint density at radius 1 is 0.875 bits per heavy atom. The van der Waals surface area contributed by atoms with Crippen LogP contribution in [0.1, 0.15) is 27.7 Å². The van der Waals surface area contributed by atoms with Crippen molar-refractivity contribution < 1.29 is 33.2 Å². The minimum atomic E-state index is -0.798. The Kier molecular flexibility index (Phi) is 3.91. The Morgan fingerprint density at radius 2 is 1.46 bits per heavy atom. The number of carbonyl (C=O) groups excluding carboxylic acids is 1. The van der Waals surface area contributed by atoms with Crippen molar-refractivity contribution in [3.63, 3.8) is 0 Å². The Balaban J connectivity index is 1.59. The minimum Gasteiger partial charge on any atom is -0.378 e. The first-order valence-corrected chi connectivity index (χ1v) is 8.49. The van der Waals surface area contributed by atoms with E-state index in [2.05, 4.69) is 0 Å². The van der Waals surface area contributed by atoms with Crippen LogP contribution in [-0.4, -0.2) is 79.4 Å². The maximum atomic E-state index is 13.0. The van der Waals surface area contributed by atoms with Gasteiger partial charge in [-0.05, 0) is 27.7 Å². The van der Waals surface area contributed by atoms with Gasteiger partial charge in [0.05, 0.1) is 13.2 Å². The first kappa shape index (κ1) is 16.7. The molecule has 4 aliphatic rings. The monoisotopic (exact) mass is 343 g/mol. The second-order valence-electron chi connectivity index (χ2n) is 7.53. The molecule has 8 heteroatoms. The van der Waals surface area contributed by atoms with E-state index in [4.69, 9.17) is 28.4 Å². The van der Waals surface area contributed by atoms with Crippen molar-refractivity contribution in [3.8, 4) is 0 Å². The number of rotatable bonds is 1. The average molecular weight is 343 g/mol. The van der Waals surface area contributed by atoms with Crippen molar-refractivity contribution in [3.05, 3.63) is 0 Å². The maximum Gasteiger partial charge on any atom is 0.254 e. The highest BCUT2D eigenvalue weighted by atomic mass is 16.9. The van der Waals surface area contributed by atoms with Crippen LogP contribution in [0.2, 0.25) is 0 Å². The number of ether oxygens (including phenoxy) is 6. The van der Waals surface area contributed by atoms with Gasteiger partial charge in [0.1, 0.15) is 18.3 Å². The normalized spacial score (nSPS) is 43.3. The van der Waals surface area contributed by atoms with Crippen LogP contribution in [0.4, 0.5) is 0 Å². The molecule has 0 aromatic rings. The van der Waals surface area contributed by atoms with Gasteiger partial charge in [-0.3, -0.25) is 4.79 Å². The summed E-state index contributed by atoms with van der Waals surface area (Å²) in [5.41, 5.74) is 0. The van der Waals surface area contributed by atoms with Gasteiger partial charge in [-0.1, -0.05) is 0 Å². The number of carbonyl (C=O) groups is 1. The van der Waals surface area contributed by atoms with Crippen LogP contribution >= 0.6 is 0 Å². The van der Waals surface area contributed by atoms with E-state index in [-0.39, 0.29) is 5.91 Å². The standard InChI is InChI=1S/C16H25NO7/c1-15(2)21-9-10(22-15)12-14(24-16(3,4)23-12)20-11(9)13(18)17-5-7-19-8-6-17/h9-12,14H,5-8H2,1-4H3/t9-,10+,11+,12+,14-/m0/s1. The lowest BCUT2D eigenvalue weighted by atomic mass is 9.98. The van der Waals surface area contributed by atoms with E-state index < -0.39 is 42.3 Å². The molecule has 0 saturated carbocycles. The molecule has 1 amide bonds. The predicted molar refractivity (Wildman–Crippen MR) is 79.9 cm³/mol. The fraction of sp³-hybridized carbons (Fsp3) is 0.938. The third kappa shape index (κ3) is 2.85. The number of hydrogen-bond donors (Lipinski definition) is 0. The zero-order chi connectivity index (χ0) is 17.1. The summed E-state index contributed by atoms with van der Waals surface area (Å²) in [4.78, 5) is 14.7. The number of nitrogens with zero attached hydrogens (tertiary/aromatic N) is 1. The minimum absolute atomic E-state index is 0.110. The molecule has 4 saturated heterocycles. The molecule has 0 spiro atoms. The summed E-state index contributed by atoms with van der Waals surface area (Å²) in [5.74, 6) is -1.69. The summed E-state index contributed by atoms with van der Waals surface area (Å²) in [5, 5.41) is 0. The van der Waals surface area contributed by atoms with E-state index >= 15 is 0 Å². The summed E-state index contributed by atoms with van der Waals surface area (Å²) in [7, 11) is 0. The van der Waals surface area contributed by atoms with Crippen LogP contribution in [-0.2, 0) is 33.2 Å². The fourth-order valence-electron chi connectivity index (χ4n) is 3.77. The van der Waals surface area contributed by atoms with Gasteiger partial charge in [0.2, 0.25) is 0 Å². The number of morpholine rings is 1. The molecule has 4 rings (SSSR count). The fourth-order valence-corrected chi connectivity index (χ4v) is 3.77. The molecule has 4 fully saturated rings. The van der Waals surface area contributed by atoms with Gasteiger partial charge in [-0.15, -0.1) is 0 Å². The third-order valence-electron chi connectivity index (χ3n) is 4.72. The molecule has 8 nitrogen and oxygen atoms in total. The second-order valence-corrected chi connectivity index (χ2v) is 7.53. The molecule has 0 aromatic heterocycles. The molecule has 0 aromatic carbocycles. The van der Waals surface area contributed by atoms with Crippen molar-refractivity contribution in [2.45, 2.75) is 70.0 Å². The average Bonchev–Trinajstić information content (AvgIpc) is 3.00. The highest BCUT2D eigenvalue weighted by Crippen LogP contribution is 2.44. The van der Waals surface area contributed by atoms with Gasteiger partial charge in [0.25, 0.3) is 5.91 Å². The Hall–Kier alpha value is -0.770. The molecule has 0 radical (unpaired) electrons. The van der Waals surface area contributed by atoms with E-state index in [1.165, 1.54) is 0 Å². The second kappa shape index (κ2) is 5.62. The quantitative estimate of drug-likeness (QED) is 0.675. The van der Waals surface area contributed by atoms with Crippen molar-refractivity contribution in [2.75, 3.05) is 26.3 Å². The first-order chi connectivity index (χ1) is 11.3. The number of hydrogen-bond acceptors (Lipinski definition) is 7. The number of amides is 1. The van der Waals surface area contributed by atoms with Crippen molar-refractivity contribution in [2.24, 2.45) is 0 Å². The molecule has 0 aliphatic carbocycles. The summed E-state index contributed by atoms with van der Waals surface area (Å²) in [6, 6.07) is 0. The van der Waals surface area contributed by atoms with Crippen molar-refractivity contribution in [1.82, 2.24) is 4.90 Å². The molecule has 4 heterocycles. The molecule has 24 heavy (non-hydrogen) atoms. The topological polar surface area (TPSA) is 75.7 Å².